The molecule has 0 aliphatic rings. The number of ether oxygens (including phenoxy) is 4. The molecule has 27 heavy (non-hydrogen) atoms. The van der Waals surface area contributed by atoms with Crippen molar-refractivity contribution in [1.29, 1.82) is 0 Å². The van der Waals surface area contributed by atoms with E-state index < -0.39 is 0 Å². The first-order chi connectivity index (χ1) is 13.1. The third-order valence-corrected chi connectivity index (χ3v) is 4.55. The molecule has 6 heteroatoms. The zero-order chi connectivity index (χ0) is 19.6. The Morgan fingerprint density at radius 2 is 1.33 bits per heavy atom. The first kappa shape index (κ1) is 18.5. The normalized spacial score (nSPS) is 10.6. The van der Waals surface area contributed by atoms with E-state index in [9.17, 15) is 5.11 Å². The van der Waals surface area contributed by atoms with Gasteiger partial charge in [-0.3, -0.25) is 0 Å². The standard InChI is InChI=1S/C21H23NO5/c1-22-21-14-11-19(27-5)18(26-4)10-13(14)8-15(23)20(21)12-6-7-16(24-2)17(9-12)25-3/h6-11,22-23H,1-5H3. The molecule has 0 atom stereocenters. The van der Waals surface area contributed by atoms with Gasteiger partial charge < -0.3 is 29.4 Å². The molecule has 142 valence electrons. The molecule has 2 N–H and O–H groups in total. The lowest BCUT2D eigenvalue weighted by Gasteiger charge is -2.18. The van der Waals surface area contributed by atoms with Gasteiger partial charge in [0.15, 0.2) is 23.0 Å². The summed E-state index contributed by atoms with van der Waals surface area (Å²) in [4.78, 5) is 0. The third-order valence-electron chi connectivity index (χ3n) is 4.55. The molecule has 0 heterocycles. The molecule has 0 bridgehead atoms. The Kier molecular flexibility index (Phi) is 5.16. The van der Waals surface area contributed by atoms with Gasteiger partial charge in [0.2, 0.25) is 0 Å². The number of fused-ring (bicyclic) bond motifs is 1. The van der Waals surface area contributed by atoms with Gasteiger partial charge in [0.05, 0.1) is 34.1 Å². The van der Waals surface area contributed by atoms with Gasteiger partial charge in [0, 0.05) is 18.0 Å². The average molecular weight is 369 g/mol. The third kappa shape index (κ3) is 3.14. The van der Waals surface area contributed by atoms with Crippen molar-refractivity contribution in [2.45, 2.75) is 0 Å². The van der Waals surface area contributed by atoms with Gasteiger partial charge in [-0.15, -0.1) is 0 Å². The first-order valence-corrected chi connectivity index (χ1v) is 8.39. The van der Waals surface area contributed by atoms with Crippen LogP contribution in [0.1, 0.15) is 0 Å². The van der Waals surface area contributed by atoms with Gasteiger partial charge in [-0.1, -0.05) is 6.07 Å². The minimum atomic E-state index is 0.145. The lowest BCUT2D eigenvalue weighted by molar-refractivity contribution is 0.355. The van der Waals surface area contributed by atoms with E-state index in [0.29, 0.717) is 28.6 Å². The second kappa shape index (κ2) is 7.53. The summed E-state index contributed by atoms with van der Waals surface area (Å²) in [5.41, 5.74) is 2.24. The quantitative estimate of drug-likeness (QED) is 0.676. The smallest absolute Gasteiger partial charge is 0.161 e. The monoisotopic (exact) mass is 369 g/mol. The molecule has 0 saturated carbocycles. The van der Waals surface area contributed by atoms with Gasteiger partial charge in [0.25, 0.3) is 0 Å². The highest BCUT2D eigenvalue weighted by Crippen LogP contribution is 2.46. The van der Waals surface area contributed by atoms with Gasteiger partial charge in [0.1, 0.15) is 5.75 Å². The van der Waals surface area contributed by atoms with E-state index in [2.05, 4.69) is 5.32 Å². The van der Waals surface area contributed by atoms with E-state index in [1.807, 2.05) is 37.4 Å². The van der Waals surface area contributed by atoms with Crippen LogP contribution >= 0.6 is 0 Å². The number of rotatable bonds is 6. The molecule has 0 unspecified atom stereocenters. The van der Waals surface area contributed by atoms with Crippen LogP contribution in [-0.4, -0.2) is 40.6 Å². The maximum Gasteiger partial charge on any atom is 0.161 e. The first-order valence-electron chi connectivity index (χ1n) is 8.39. The molecule has 0 aliphatic heterocycles. The second-order valence-electron chi connectivity index (χ2n) is 5.89. The van der Waals surface area contributed by atoms with Crippen LogP contribution in [-0.2, 0) is 0 Å². The summed E-state index contributed by atoms with van der Waals surface area (Å²) in [5, 5.41) is 15.7. The van der Waals surface area contributed by atoms with Crippen LogP contribution in [0.25, 0.3) is 21.9 Å². The minimum Gasteiger partial charge on any atom is -0.507 e. The van der Waals surface area contributed by atoms with E-state index in [1.54, 1.807) is 34.5 Å². The molecule has 0 spiro atoms. The largest absolute Gasteiger partial charge is 0.507 e. The number of hydrogen-bond acceptors (Lipinski definition) is 6. The Hall–Kier alpha value is -3.28. The molecule has 0 amide bonds. The van der Waals surface area contributed by atoms with Crippen molar-refractivity contribution in [2.24, 2.45) is 0 Å². The number of methoxy groups -OCH3 is 4. The Balaban J connectivity index is 2.31. The van der Waals surface area contributed by atoms with Gasteiger partial charge in [-0.25, -0.2) is 0 Å². The van der Waals surface area contributed by atoms with Crippen molar-refractivity contribution in [2.75, 3.05) is 40.8 Å². The number of phenols is 1. The number of phenolic OH excluding ortho intramolecular Hbond substituents is 1. The summed E-state index contributed by atoms with van der Waals surface area (Å²) < 4.78 is 21.5. The Morgan fingerprint density at radius 1 is 0.741 bits per heavy atom. The highest BCUT2D eigenvalue weighted by atomic mass is 16.5. The predicted octanol–water partition coefficient (Wildman–Crippen LogP) is 4.29. The highest BCUT2D eigenvalue weighted by molar-refractivity contribution is 6.05. The maximum absolute atomic E-state index is 10.8. The lowest BCUT2D eigenvalue weighted by atomic mass is 9.96. The number of aromatic hydroxyl groups is 1. The Bertz CT molecular complexity index is 984. The molecule has 3 rings (SSSR count). The summed E-state index contributed by atoms with van der Waals surface area (Å²) in [6.45, 7) is 0. The molecular weight excluding hydrogens is 346 g/mol. The van der Waals surface area contributed by atoms with E-state index in [-0.39, 0.29) is 5.75 Å². The molecule has 3 aromatic rings. The zero-order valence-electron chi connectivity index (χ0n) is 16.0. The fourth-order valence-corrected chi connectivity index (χ4v) is 3.26. The molecule has 0 aliphatic carbocycles. The number of benzene rings is 3. The Morgan fingerprint density at radius 3 is 1.93 bits per heavy atom. The maximum atomic E-state index is 10.8. The summed E-state index contributed by atoms with van der Waals surface area (Å²) in [5.74, 6) is 2.57. The fourth-order valence-electron chi connectivity index (χ4n) is 3.26. The number of nitrogens with one attached hydrogen (secondary N) is 1. The van der Waals surface area contributed by atoms with Crippen LogP contribution in [0, 0.1) is 0 Å². The number of anilines is 1. The van der Waals surface area contributed by atoms with Crippen molar-refractivity contribution in [3.05, 3.63) is 36.4 Å². The lowest BCUT2D eigenvalue weighted by Crippen LogP contribution is -1.97. The minimum absolute atomic E-state index is 0.145. The van der Waals surface area contributed by atoms with Crippen molar-refractivity contribution < 1.29 is 24.1 Å². The van der Waals surface area contributed by atoms with Gasteiger partial charge in [-0.05, 0) is 41.3 Å². The van der Waals surface area contributed by atoms with Crippen LogP contribution in [0.15, 0.2) is 36.4 Å². The van der Waals surface area contributed by atoms with Crippen molar-refractivity contribution in [3.8, 4) is 39.9 Å². The highest BCUT2D eigenvalue weighted by Gasteiger charge is 2.18. The molecule has 0 fully saturated rings. The van der Waals surface area contributed by atoms with E-state index in [1.165, 1.54) is 0 Å². The summed E-state index contributed by atoms with van der Waals surface area (Å²) >= 11 is 0. The molecular formula is C21H23NO5. The SMILES string of the molecule is CNc1c(-c2ccc(OC)c(OC)c2)c(O)cc2cc(OC)c(OC)cc12. The Labute approximate surface area is 158 Å². The molecule has 0 aromatic heterocycles. The molecule has 0 radical (unpaired) electrons. The fraction of sp³-hybridized carbons (Fsp3) is 0.238. The van der Waals surface area contributed by atoms with Crippen LogP contribution in [0.4, 0.5) is 5.69 Å². The van der Waals surface area contributed by atoms with Crippen molar-refractivity contribution >= 4 is 16.5 Å². The number of hydrogen-bond donors (Lipinski definition) is 2. The predicted molar refractivity (Wildman–Crippen MR) is 107 cm³/mol. The molecule has 0 saturated heterocycles. The van der Waals surface area contributed by atoms with Gasteiger partial charge >= 0.3 is 0 Å². The van der Waals surface area contributed by atoms with Crippen molar-refractivity contribution in [3.63, 3.8) is 0 Å². The topological polar surface area (TPSA) is 69.2 Å². The van der Waals surface area contributed by atoms with Crippen LogP contribution in [0.5, 0.6) is 28.7 Å². The van der Waals surface area contributed by atoms with Crippen LogP contribution in [0.3, 0.4) is 0 Å². The summed E-state index contributed by atoms with van der Waals surface area (Å²) in [6, 6.07) is 11.0. The van der Waals surface area contributed by atoms with E-state index in [0.717, 1.165) is 22.0 Å². The van der Waals surface area contributed by atoms with Crippen LogP contribution < -0.4 is 24.3 Å². The second-order valence-corrected chi connectivity index (χ2v) is 5.89. The van der Waals surface area contributed by atoms with Gasteiger partial charge in [-0.2, -0.15) is 0 Å². The van der Waals surface area contributed by atoms with Crippen LogP contribution in [0.2, 0.25) is 0 Å². The van der Waals surface area contributed by atoms with E-state index >= 15 is 0 Å². The van der Waals surface area contributed by atoms with Crippen molar-refractivity contribution in [1.82, 2.24) is 0 Å². The summed E-state index contributed by atoms with van der Waals surface area (Å²) in [6.07, 6.45) is 0. The zero-order valence-corrected chi connectivity index (χ0v) is 16.0. The molecule has 3 aromatic carbocycles. The average Bonchev–Trinajstić information content (AvgIpc) is 2.71. The summed E-state index contributed by atoms with van der Waals surface area (Å²) in [7, 11) is 8.16. The molecule has 6 nitrogen and oxygen atoms in total. The van der Waals surface area contributed by atoms with E-state index in [4.69, 9.17) is 18.9 Å².